The minimum Gasteiger partial charge on any atom is -0.378 e. The van der Waals surface area contributed by atoms with E-state index in [9.17, 15) is 14.7 Å². The Bertz CT molecular complexity index is 674. The zero-order valence-electron chi connectivity index (χ0n) is 12.3. The van der Waals surface area contributed by atoms with E-state index < -0.39 is 24.0 Å². The van der Waals surface area contributed by atoms with Crippen molar-refractivity contribution in [2.75, 3.05) is 0 Å². The van der Waals surface area contributed by atoms with Crippen LogP contribution in [-0.4, -0.2) is 23.0 Å². The molecule has 0 aromatic heterocycles. The molecule has 0 unspecified atom stereocenters. The third-order valence-electron chi connectivity index (χ3n) is 3.38. The van der Waals surface area contributed by atoms with Crippen molar-refractivity contribution in [3.8, 4) is 0 Å². The summed E-state index contributed by atoms with van der Waals surface area (Å²) >= 11 is 3.33. The Morgan fingerprint density at radius 1 is 1.09 bits per heavy atom. The van der Waals surface area contributed by atoms with Crippen molar-refractivity contribution in [2.45, 2.75) is 18.6 Å². The van der Waals surface area contributed by atoms with Gasteiger partial charge in [0.1, 0.15) is 6.04 Å². The second-order valence-corrected chi connectivity index (χ2v) is 6.02. The van der Waals surface area contributed by atoms with E-state index >= 15 is 0 Å². The van der Waals surface area contributed by atoms with E-state index in [0.29, 0.717) is 5.56 Å². The van der Waals surface area contributed by atoms with Gasteiger partial charge in [0.05, 0.1) is 0 Å². The molecule has 0 aliphatic carbocycles. The van der Waals surface area contributed by atoms with Gasteiger partial charge in [0.15, 0.2) is 6.10 Å². The number of nitrogens with one attached hydrogen (secondary N) is 1. The number of amides is 2. The summed E-state index contributed by atoms with van der Waals surface area (Å²) in [4.78, 5) is 23.7. The average Bonchev–Trinajstić information content (AvgIpc) is 2.56. The van der Waals surface area contributed by atoms with Crippen LogP contribution >= 0.6 is 15.9 Å². The monoisotopic (exact) mass is 376 g/mol. The molecule has 0 radical (unpaired) electrons. The molecular formula is C17H17BrN2O3. The number of aliphatic hydroxyl groups is 1. The van der Waals surface area contributed by atoms with Gasteiger partial charge in [0, 0.05) is 10.9 Å². The third kappa shape index (κ3) is 4.91. The van der Waals surface area contributed by atoms with E-state index in [0.717, 1.165) is 10.0 Å². The topological polar surface area (TPSA) is 92.4 Å². The van der Waals surface area contributed by atoms with Gasteiger partial charge in [0.25, 0.3) is 5.91 Å². The predicted molar refractivity (Wildman–Crippen MR) is 90.4 cm³/mol. The van der Waals surface area contributed by atoms with E-state index in [1.807, 2.05) is 24.3 Å². The van der Waals surface area contributed by atoms with Crippen molar-refractivity contribution < 1.29 is 14.7 Å². The van der Waals surface area contributed by atoms with Crippen LogP contribution in [-0.2, 0) is 16.0 Å². The van der Waals surface area contributed by atoms with Gasteiger partial charge < -0.3 is 16.2 Å². The molecule has 4 N–H and O–H groups in total. The quantitative estimate of drug-likeness (QED) is 0.716. The second-order valence-electron chi connectivity index (χ2n) is 5.11. The van der Waals surface area contributed by atoms with Crippen LogP contribution in [0.25, 0.3) is 0 Å². The van der Waals surface area contributed by atoms with Crippen molar-refractivity contribution in [1.82, 2.24) is 5.32 Å². The fourth-order valence-electron chi connectivity index (χ4n) is 2.12. The molecule has 0 saturated carbocycles. The van der Waals surface area contributed by atoms with Gasteiger partial charge in [-0.25, -0.2) is 0 Å². The lowest BCUT2D eigenvalue weighted by molar-refractivity contribution is -0.133. The molecular weight excluding hydrogens is 360 g/mol. The Balaban J connectivity index is 2.05. The van der Waals surface area contributed by atoms with Crippen LogP contribution in [0.5, 0.6) is 0 Å². The summed E-state index contributed by atoms with van der Waals surface area (Å²) < 4.78 is 0.917. The van der Waals surface area contributed by atoms with Crippen molar-refractivity contribution in [3.63, 3.8) is 0 Å². The molecule has 0 fully saturated rings. The van der Waals surface area contributed by atoms with Crippen molar-refractivity contribution in [3.05, 3.63) is 70.2 Å². The Kier molecular flexibility index (Phi) is 5.90. The number of carbonyl (C=O) groups excluding carboxylic acids is 2. The van der Waals surface area contributed by atoms with E-state index in [-0.39, 0.29) is 6.42 Å². The van der Waals surface area contributed by atoms with Crippen LogP contribution in [0.4, 0.5) is 0 Å². The highest BCUT2D eigenvalue weighted by atomic mass is 79.9. The molecule has 2 aromatic rings. The lowest BCUT2D eigenvalue weighted by Gasteiger charge is -2.18. The lowest BCUT2D eigenvalue weighted by atomic mass is 10.0. The summed E-state index contributed by atoms with van der Waals surface area (Å²) in [6.45, 7) is 0. The molecule has 0 spiro atoms. The minimum absolute atomic E-state index is 0.260. The van der Waals surface area contributed by atoms with Crippen LogP contribution in [0, 0.1) is 0 Å². The molecule has 0 aliphatic rings. The summed E-state index contributed by atoms with van der Waals surface area (Å²) in [5.41, 5.74) is 6.67. The summed E-state index contributed by atoms with van der Waals surface area (Å²) in [7, 11) is 0. The number of hydrogen-bond donors (Lipinski definition) is 3. The van der Waals surface area contributed by atoms with E-state index in [2.05, 4.69) is 21.2 Å². The van der Waals surface area contributed by atoms with E-state index in [1.165, 1.54) is 0 Å². The highest BCUT2D eigenvalue weighted by Crippen LogP contribution is 2.14. The number of halogens is 1. The van der Waals surface area contributed by atoms with E-state index in [1.54, 1.807) is 30.3 Å². The molecule has 0 bridgehead atoms. The van der Waals surface area contributed by atoms with Gasteiger partial charge in [-0.2, -0.15) is 0 Å². The Morgan fingerprint density at radius 3 is 2.26 bits per heavy atom. The summed E-state index contributed by atoms with van der Waals surface area (Å²) in [5, 5.41) is 12.6. The Hall–Kier alpha value is -2.18. The predicted octanol–water partition coefficient (Wildman–Crippen LogP) is 1.70. The molecule has 2 atom stereocenters. The highest BCUT2D eigenvalue weighted by molar-refractivity contribution is 9.10. The molecule has 2 aromatic carbocycles. The van der Waals surface area contributed by atoms with Crippen molar-refractivity contribution in [2.24, 2.45) is 5.73 Å². The first-order valence-corrected chi connectivity index (χ1v) is 7.84. The van der Waals surface area contributed by atoms with Gasteiger partial charge in [-0.1, -0.05) is 58.4 Å². The maximum Gasteiger partial charge on any atom is 0.254 e. The van der Waals surface area contributed by atoms with Gasteiger partial charge in [-0.05, 0) is 23.3 Å². The number of aliphatic hydroxyl groups excluding tert-OH is 1. The Labute approximate surface area is 142 Å². The zero-order chi connectivity index (χ0) is 16.8. The fraction of sp³-hybridized carbons (Fsp3) is 0.176. The Morgan fingerprint density at radius 2 is 1.70 bits per heavy atom. The largest absolute Gasteiger partial charge is 0.378 e. The van der Waals surface area contributed by atoms with Crippen molar-refractivity contribution >= 4 is 27.7 Å². The fourth-order valence-corrected chi connectivity index (χ4v) is 2.38. The summed E-state index contributed by atoms with van der Waals surface area (Å²) in [6, 6.07) is 15.0. The molecule has 120 valence electrons. The maximum atomic E-state index is 12.1. The smallest absolute Gasteiger partial charge is 0.254 e. The first kappa shape index (κ1) is 17.2. The van der Waals surface area contributed by atoms with Crippen LogP contribution in [0.1, 0.15) is 17.2 Å². The van der Waals surface area contributed by atoms with Crippen LogP contribution in [0.3, 0.4) is 0 Å². The molecule has 2 rings (SSSR count). The number of primary amides is 1. The standard InChI is InChI=1S/C17H17BrN2O3/c18-13-8-6-11(7-9-13)10-14(16(19)22)20-17(23)15(21)12-4-2-1-3-5-12/h1-9,14-15,21H,10H2,(H2,19,22)(H,20,23)/t14-,15+/m1/s1. The number of rotatable bonds is 6. The van der Waals surface area contributed by atoms with Gasteiger partial charge in [0.2, 0.25) is 5.91 Å². The molecule has 0 aliphatic heterocycles. The highest BCUT2D eigenvalue weighted by Gasteiger charge is 2.23. The van der Waals surface area contributed by atoms with Gasteiger partial charge in [-0.3, -0.25) is 9.59 Å². The number of nitrogens with two attached hydrogens (primary N) is 1. The van der Waals surface area contributed by atoms with Crippen LogP contribution in [0.15, 0.2) is 59.1 Å². The number of carbonyl (C=O) groups is 2. The normalized spacial score (nSPS) is 13.1. The number of benzene rings is 2. The molecule has 5 nitrogen and oxygen atoms in total. The lowest BCUT2D eigenvalue weighted by Crippen LogP contribution is -2.47. The zero-order valence-corrected chi connectivity index (χ0v) is 13.9. The van der Waals surface area contributed by atoms with Crippen molar-refractivity contribution in [1.29, 1.82) is 0 Å². The van der Waals surface area contributed by atoms with Crippen LogP contribution < -0.4 is 11.1 Å². The average molecular weight is 377 g/mol. The summed E-state index contributed by atoms with van der Waals surface area (Å²) in [6.07, 6.45) is -1.08. The summed E-state index contributed by atoms with van der Waals surface area (Å²) in [5.74, 6) is -1.31. The van der Waals surface area contributed by atoms with Gasteiger partial charge in [-0.15, -0.1) is 0 Å². The first-order valence-electron chi connectivity index (χ1n) is 7.04. The van der Waals surface area contributed by atoms with Gasteiger partial charge >= 0.3 is 0 Å². The molecule has 23 heavy (non-hydrogen) atoms. The van der Waals surface area contributed by atoms with Crippen LogP contribution in [0.2, 0.25) is 0 Å². The minimum atomic E-state index is -1.34. The third-order valence-corrected chi connectivity index (χ3v) is 3.91. The number of hydrogen-bond acceptors (Lipinski definition) is 3. The molecule has 6 heteroatoms. The SMILES string of the molecule is NC(=O)[C@@H](Cc1ccc(Br)cc1)NC(=O)[C@@H](O)c1ccccc1. The maximum absolute atomic E-state index is 12.1. The van der Waals surface area contributed by atoms with E-state index in [4.69, 9.17) is 5.73 Å². The second kappa shape index (κ2) is 7.89. The molecule has 0 saturated heterocycles. The first-order chi connectivity index (χ1) is 11.0. The molecule has 0 heterocycles. The molecule has 2 amide bonds.